The molecule has 1 aliphatic carbocycles. The van der Waals surface area contributed by atoms with Crippen LogP contribution in [0.1, 0.15) is 51.0 Å². The average Bonchev–Trinajstić information content (AvgIpc) is 2.63. The van der Waals surface area contributed by atoms with Crippen molar-refractivity contribution in [2.45, 2.75) is 45.4 Å². The van der Waals surface area contributed by atoms with Crippen LogP contribution in [0.5, 0.6) is 5.75 Å². The van der Waals surface area contributed by atoms with Crippen molar-refractivity contribution in [3.63, 3.8) is 0 Å². The van der Waals surface area contributed by atoms with E-state index in [1.807, 2.05) is 25.1 Å². The van der Waals surface area contributed by atoms with Gasteiger partial charge in [-0.1, -0.05) is 26.2 Å². The highest BCUT2D eigenvalue weighted by Crippen LogP contribution is 2.29. The number of anilines is 1. The number of methoxy groups -OCH3 is 1. The fraction of sp³-hybridized carbons (Fsp3) is 0.526. The summed E-state index contributed by atoms with van der Waals surface area (Å²) in [5, 5.41) is 7.19. The van der Waals surface area contributed by atoms with Crippen LogP contribution >= 0.6 is 0 Å². The molecule has 2 amide bonds. The number of carbonyl (C=O) groups is 2. The van der Waals surface area contributed by atoms with Gasteiger partial charge in [0.25, 0.3) is 0 Å². The first-order valence-corrected chi connectivity index (χ1v) is 8.94. The molecule has 0 saturated heterocycles. The Bertz CT molecular complexity index is 693. The van der Waals surface area contributed by atoms with E-state index in [0.717, 1.165) is 42.6 Å². The topological polar surface area (TPSA) is 79.8 Å². The number of benzene rings is 1. The Balaban J connectivity index is 1.77. The number of rotatable bonds is 4. The third kappa shape index (κ3) is 4.00. The first-order valence-electron chi connectivity index (χ1n) is 8.94. The third-order valence-electron chi connectivity index (χ3n) is 4.98. The Kier molecular flexibility index (Phi) is 5.36. The Morgan fingerprint density at radius 1 is 1.28 bits per heavy atom. The van der Waals surface area contributed by atoms with Gasteiger partial charge in [0.1, 0.15) is 5.75 Å². The van der Waals surface area contributed by atoms with Crippen molar-refractivity contribution in [2.24, 2.45) is 16.9 Å². The van der Waals surface area contributed by atoms with E-state index in [0.29, 0.717) is 12.2 Å². The van der Waals surface area contributed by atoms with Crippen molar-refractivity contribution >= 4 is 23.2 Å². The number of hydrazone groups is 1. The summed E-state index contributed by atoms with van der Waals surface area (Å²) in [6.45, 7) is 1.97. The van der Waals surface area contributed by atoms with Gasteiger partial charge in [0.05, 0.1) is 12.8 Å². The van der Waals surface area contributed by atoms with Gasteiger partial charge in [-0.2, -0.15) is 5.10 Å². The van der Waals surface area contributed by atoms with E-state index < -0.39 is 0 Å². The monoisotopic (exact) mass is 343 g/mol. The van der Waals surface area contributed by atoms with Gasteiger partial charge in [-0.3, -0.25) is 9.59 Å². The Morgan fingerprint density at radius 2 is 2.04 bits per heavy atom. The number of carbonyl (C=O) groups excluding carboxylic acids is 2. The molecule has 0 radical (unpaired) electrons. The van der Waals surface area contributed by atoms with E-state index in [2.05, 4.69) is 15.8 Å². The average molecular weight is 343 g/mol. The van der Waals surface area contributed by atoms with E-state index in [9.17, 15) is 9.59 Å². The minimum atomic E-state index is -0.0772. The van der Waals surface area contributed by atoms with Crippen LogP contribution in [-0.2, 0) is 9.59 Å². The van der Waals surface area contributed by atoms with Gasteiger partial charge in [0, 0.05) is 35.6 Å². The SMILES string of the molecule is COc1cc(NC(=O)C2CCCCC2)ccc1C1=NNC(=O)CC1C. The largest absolute Gasteiger partial charge is 0.496 e. The lowest BCUT2D eigenvalue weighted by Gasteiger charge is -2.22. The van der Waals surface area contributed by atoms with Gasteiger partial charge in [0.2, 0.25) is 11.8 Å². The van der Waals surface area contributed by atoms with Crippen molar-refractivity contribution in [2.75, 3.05) is 12.4 Å². The molecule has 0 bridgehead atoms. The molecule has 2 N–H and O–H groups in total. The molecule has 25 heavy (non-hydrogen) atoms. The molecule has 0 spiro atoms. The van der Waals surface area contributed by atoms with Crippen LogP contribution in [0, 0.1) is 11.8 Å². The van der Waals surface area contributed by atoms with E-state index >= 15 is 0 Å². The van der Waals surface area contributed by atoms with E-state index in [4.69, 9.17) is 4.74 Å². The van der Waals surface area contributed by atoms with E-state index in [1.54, 1.807) is 7.11 Å². The second-order valence-electron chi connectivity index (χ2n) is 6.88. The molecule has 1 fully saturated rings. The number of nitrogens with one attached hydrogen (secondary N) is 2. The zero-order valence-corrected chi connectivity index (χ0v) is 14.8. The molecule has 3 rings (SSSR count). The fourth-order valence-corrected chi connectivity index (χ4v) is 3.57. The summed E-state index contributed by atoms with van der Waals surface area (Å²) in [5.74, 6) is 0.780. The van der Waals surface area contributed by atoms with Crippen LogP contribution in [0.25, 0.3) is 0 Å². The van der Waals surface area contributed by atoms with Crippen molar-refractivity contribution in [3.8, 4) is 5.75 Å². The molecule has 2 aliphatic rings. The molecular formula is C19H25N3O3. The second-order valence-corrected chi connectivity index (χ2v) is 6.88. The molecule has 1 aromatic rings. The van der Waals surface area contributed by atoms with Crippen LogP contribution in [0.3, 0.4) is 0 Å². The maximum atomic E-state index is 12.4. The van der Waals surface area contributed by atoms with E-state index in [1.165, 1.54) is 6.42 Å². The lowest BCUT2D eigenvalue weighted by Crippen LogP contribution is -2.32. The standard InChI is InChI=1S/C19H25N3O3/c1-12-10-17(23)21-22-18(12)15-9-8-14(11-16(15)25-2)20-19(24)13-6-4-3-5-7-13/h8-9,11-13H,3-7,10H2,1-2H3,(H,20,24)(H,21,23). The highest BCUT2D eigenvalue weighted by Gasteiger charge is 2.25. The number of ether oxygens (including phenoxy) is 1. The van der Waals surface area contributed by atoms with Gasteiger partial charge in [-0.05, 0) is 25.0 Å². The zero-order valence-electron chi connectivity index (χ0n) is 14.8. The lowest BCUT2D eigenvalue weighted by atomic mass is 9.88. The lowest BCUT2D eigenvalue weighted by molar-refractivity contribution is -0.122. The Hall–Kier alpha value is -2.37. The van der Waals surface area contributed by atoms with Gasteiger partial charge < -0.3 is 10.1 Å². The minimum Gasteiger partial charge on any atom is -0.496 e. The van der Waals surface area contributed by atoms with Crippen LogP contribution in [0.4, 0.5) is 5.69 Å². The first-order chi connectivity index (χ1) is 12.1. The Morgan fingerprint density at radius 3 is 2.72 bits per heavy atom. The van der Waals surface area contributed by atoms with E-state index in [-0.39, 0.29) is 23.7 Å². The maximum Gasteiger partial charge on any atom is 0.240 e. The summed E-state index contributed by atoms with van der Waals surface area (Å²) in [6, 6.07) is 5.58. The predicted octanol–water partition coefficient (Wildman–Crippen LogP) is 3.07. The second kappa shape index (κ2) is 7.68. The summed E-state index contributed by atoms with van der Waals surface area (Å²) in [5.41, 5.74) is 4.88. The van der Waals surface area contributed by atoms with Crippen molar-refractivity contribution in [1.29, 1.82) is 0 Å². The van der Waals surface area contributed by atoms with Crippen molar-refractivity contribution in [3.05, 3.63) is 23.8 Å². The van der Waals surface area contributed by atoms with Crippen LogP contribution in [-0.4, -0.2) is 24.6 Å². The highest BCUT2D eigenvalue weighted by molar-refractivity contribution is 6.08. The molecule has 1 aliphatic heterocycles. The molecule has 1 aromatic carbocycles. The summed E-state index contributed by atoms with van der Waals surface area (Å²) >= 11 is 0. The number of amides is 2. The molecule has 1 saturated carbocycles. The predicted molar refractivity (Wildman–Crippen MR) is 96.7 cm³/mol. The molecule has 1 unspecified atom stereocenters. The first kappa shape index (κ1) is 17.5. The third-order valence-corrected chi connectivity index (χ3v) is 4.98. The fourth-order valence-electron chi connectivity index (χ4n) is 3.57. The number of hydrogen-bond acceptors (Lipinski definition) is 4. The summed E-state index contributed by atoms with van der Waals surface area (Å²) < 4.78 is 5.50. The van der Waals surface area contributed by atoms with Gasteiger partial charge in [0.15, 0.2) is 0 Å². The molecule has 1 atom stereocenters. The van der Waals surface area contributed by atoms with Crippen LogP contribution in [0.2, 0.25) is 0 Å². The molecule has 134 valence electrons. The maximum absolute atomic E-state index is 12.4. The Labute approximate surface area is 148 Å². The van der Waals surface area contributed by atoms with Gasteiger partial charge in [-0.15, -0.1) is 0 Å². The number of nitrogens with zero attached hydrogens (tertiary/aromatic N) is 1. The highest BCUT2D eigenvalue weighted by atomic mass is 16.5. The molecule has 0 aromatic heterocycles. The summed E-state index contributed by atoms with van der Waals surface area (Å²) in [7, 11) is 1.60. The van der Waals surface area contributed by atoms with Gasteiger partial charge in [-0.25, -0.2) is 5.43 Å². The zero-order chi connectivity index (χ0) is 17.8. The quantitative estimate of drug-likeness (QED) is 0.882. The van der Waals surface area contributed by atoms with Crippen molar-refractivity contribution in [1.82, 2.24) is 5.43 Å². The number of hydrogen-bond donors (Lipinski definition) is 2. The molecule has 6 nitrogen and oxygen atoms in total. The van der Waals surface area contributed by atoms with Crippen molar-refractivity contribution < 1.29 is 14.3 Å². The molecule has 6 heteroatoms. The van der Waals surface area contributed by atoms with Crippen LogP contribution < -0.4 is 15.5 Å². The van der Waals surface area contributed by atoms with Gasteiger partial charge >= 0.3 is 0 Å². The summed E-state index contributed by atoms with van der Waals surface area (Å²) in [4.78, 5) is 23.9. The molecular weight excluding hydrogens is 318 g/mol. The smallest absolute Gasteiger partial charge is 0.240 e. The minimum absolute atomic E-state index is 0.0188. The van der Waals surface area contributed by atoms with Crippen LogP contribution in [0.15, 0.2) is 23.3 Å². The normalized spacial score (nSPS) is 21.3. The molecule has 1 heterocycles. The summed E-state index contributed by atoms with van der Waals surface area (Å²) in [6.07, 6.45) is 5.82.